The normalized spacial score (nSPS) is 19.9. The first-order valence-electron chi connectivity index (χ1n) is 6.60. The second kappa shape index (κ2) is 5.19. The van der Waals surface area contributed by atoms with Gasteiger partial charge in [0.05, 0.1) is 18.2 Å². The topological polar surface area (TPSA) is 49.4 Å². The van der Waals surface area contributed by atoms with Gasteiger partial charge in [0.2, 0.25) is 5.91 Å². The average molecular weight is 295 g/mol. The van der Waals surface area contributed by atoms with E-state index in [0.717, 1.165) is 5.56 Å². The zero-order chi connectivity index (χ0) is 15.1. The van der Waals surface area contributed by atoms with Crippen LogP contribution >= 0.6 is 11.6 Å². The van der Waals surface area contributed by atoms with Crippen LogP contribution in [0.3, 0.4) is 0 Å². The van der Waals surface area contributed by atoms with Crippen molar-refractivity contribution in [3.05, 3.63) is 28.8 Å². The van der Waals surface area contributed by atoms with Crippen LogP contribution in [0.5, 0.6) is 0 Å². The maximum Gasteiger partial charge on any atom is 0.251 e. The van der Waals surface area contributed by atoms with Gasteiger partial charge in [0.15, 0.2) is 0 Å². The molecule has 1 atom stereocenters. The van der Waals surface area contributed by atoms with Crippen LogP contribution in [0.4, 0.5) is 5.69 Å². The highest BCUT2D eigenvalue weighted by molar-refractivity contribution is 6.32. The van der Waals surface area contributed by atoms with Crippen LogP contribution in [-0.2, 0) is 9.59 Å². The van der Waals surface area contributed by atoms with Crippen molar-refractivity contribution in [2.75, 3.05) is 4.90 Å². The van der Waals surface area contributed by atoms with Crippen LogP contribution < -0.4 is 10.2 Å². The Hall–Kier alpha value is -1.39. The molecule has 0 saturated carbocycles. The van der Waals surface area contributed by atoms with Crippen molar-refractivity contribution >= 4 is 29.1 Å². The molecule has 1 fully saturated rings. The Bertz CT molecular complexity index is 563. The number of nitrogens with one attached hydrogen (secondary N) is 1. The van der Waals surface area contributed by atoms with E-state index in [9.17, 15) is 9.59 Å². The van der Waals surface area contributed by atoms with Crippen LogP contribution in [0.15, 0.2) is 18.2 Å². The van der Waals surface area contributed by atoms with Crippen molar-refractivity contribution in [1.29, 1.82) is 0 Å². The minimum Gasteiger partial charge on any atom is -0.301 e. The highest BCUT2D eigenvalue weighted by Gasteiger charge is 2.40. The van der Waals surface area contributed by atoms with E-state index in [1.54, 1.807) is 12.1 Å². The monoisotopic (exact) mass is 294 g/mol. The molecule has 4 nitrogen and oxygen atoms in total. The first-order chi connectivity index (χ1) is 9.19. The van der Waals surface area contributed by atoms with Gasteiger partial charge in [-0.15, -0.1) is 0 Å². The summed E-state index contributed by atoms with van der Waals surface area (Å²) in [5.41, 5.74) is 1.23. The van der Waals surface area contributed by atoms with Gasteiger partial charge in [0.1, 0.15) is 0 Å². The second-order valence-electron chi connectivity index (χ2n) is 6.15. The number of aryl methyl sites for hydroxylation is 1. The molecule has 108 valence electrons. The maximum absolute atomic E-state index is 12.4. The summed E-state index contributed by atoms with van der Waals surface area (Å²) in [5.74, 6) is -0.415. The molecule has 5 heteroatoms. The molecule has 0 spiro atoms. The number of anilines is 1. The standard InChI is InChI=1S/C15H19ClN2O2/c1-9-5-6-10(7-11(9)16)18-13(19)8-12(14(18)20)17-15(2,3)4/h5-7,12,17H,8H2,1-4H3. The fraction of sp³-hybridized carbons (Fsp3) is 0.467. The third-order valence-electron chi connectivity index (χ3n) is 3.17. The summed E-state index contributed by atoms with van der Waals surface area (Å²) in [4.78, 5) is 25.7. The molecule has 1 aromatic rings. The summed E-state index contributed by atoms with van der Waals surface area (Å²) < 4.78 is 0. The average Bonchev–Trinajstić information content (AvgIpc) is 2.56. The van der Waals surface area contributed by atoms with Crippen molar-refractivity contribution < 1.29 is 9.59 Å². The third-order valence-corrected chi connectivity index (χ3v) is 3.57. The summed E-state index contributed by atoms with van der Waals surface area (Å²) in [6, 6.07) is 4.74. The van der Waals surface area contributed by atoms with Gasteiger partial charge >= 0.3 is 0 Å². The van der Waals surface area contributed by atoms with Crippen molar-refractivity contribution in [3.63, 3.8) is 0 Å². The molecule has 1 unspecified atom stereocenters. The highest BCUT2D eigenvalue weighted by Crippen LogP contribution is 2.28. The zero-order valence-corrected chi connectivity index (χ0v) is 12.9. The van der Waals surface area contributed by atoms with Crippen LogP contribution in [0.25, 0.3) is 0 Å². The van der Waals surface area contributed by atoms with E-state index in [2.05, 4.69) is 5.32 Å². The summed E-state index contributed by atoms with van der Waals surface area (Å²) in [7, 11) is 0. The Balaban J connectivity index is 2.27. The van der Waals surface area contributed by atoms with Gasteiger partial charge in [-0.05, 0) is 45.4 Å². The van der Waals surface area contributed by atoms with Crippen LogP contribution in [0.2, 0.25) is 5.02 Å². The minimum atomic E-state index is -0.470. The number of imide groups is 1. The Morgan fingerprint density at radius 3 is 2.50 bits per heavy atom. The SMILES string of the molecule is Cc1ccc(N2C(=O)CC(NC(C)(C)C)C2=O)cc1Cl. The molecule has 20 heavy (non-hydrogen) atoms. The summed E-state index contributed by atoms with van der Waals surface area (Å²) in [6.07, 6.45) is 0.182. The summed E-state index contributed by atoms with van der Waals surface area (Å²) in [6.45, 7) is 7.78. The first kappa shape index (κ1) is 15.0. The molecule has 1 N–H and O–H groups in total. The number of hydrogen-bond donors (Lipinski definition) is 1. The Kier molecular flexibility index (Phi) is 3.89. The van der Waals surface area contributed by atoms with Crippen molar-refractivity contribution in [3.8, 4) is 0 Å². The highest BCUT2D eigenvalue weighted by atomic mass is 35.5. The lowest BCUT2D eigenvalue weighted by Crippen LogP contribution is -2.47. The molecular weight excluding hydrogens is 276 g/mol. The number of benzene rings is 1. The molecule has 0 aliphatic carbocycles. The molecule has 1 heterocycles. The maximum atomic E-state index is 12.4. The molecule has 1 aliphatic rings. The number of halogens is 1. The Morgan fingerprint density at radius 2 is 1.95 bits per heavy atom. The molecule has 1 saturated heterocycles. The Morgan fingerprint density at radius 1 is 1.30 bits per heavy atom. The number of amides is 2. The van der Waals surface area contributed by atoms with Gasteiger partial charge < -0.3 is 5.32 Å². The minimum absolute atomic E-state index is 0.182. The largest absolute Gasteiger partial charge is 0.301 e. The number of carbonyl (C=O) groups excluding carboxylic acids is 2. The number of nitrogens with zero attached hydrogens (tertiary/aromatic N) is 1. The summed E-state index contributed by atoms with van der Waals surface area (Å²) in [5, 5.41) is 3.73. The van der Waals surface area contributed by atoms with Gasteiger partial charge in [0, 0.05) is 10.6 Å². The van der Waals surface area contributed by atoms with Gasteiger partial charge in [-0.1, -0.05) is 17.7 Å². The lowest BCUT2D eigenvalue weighted by molar-refractivity contribution is -0.121. The van der Waals surface area contributed by atoms with Crippen molar-refractivity contribution in [1.82, 2.24) is 5.32 Å². The number of hydrogen-bond acceptors (Lipinski definition) is 3. The van der Waals surface area contributed by atoms with Gasteiger partial charge in [-0.25, -0.2) is 4.90 Å². The molecule has 2 amide bonds. The zero-order valence-electron chi connectivity index (χ0n) is 12.2. The fourth-order valence-corrected chi connectivity index (χ4v) is 2.43. The molecule has 0 radical (unpaired) electrons. The van der Waals surface area contributed by atoms with E-state index in [1.165, 1.54) is 4.90 Å². The van der Waals surface area contributed by atoms with Crippen molar-refractivity contribution in [2.24, 2.45) is 0 Å². The molecular formula is C15H19ClN2O2. The van der Waals surface area contributed by atoms with E-state index in [4.69, 9.17) is 11.6 Å². The number of carbonyl (C=O) groups is 2. The van der Waals surface area contributed by atoms with Gasteiger partial charge in [-0.3, -0.25) is 9.59 Å². The predicted octanol–water partition coefficient (Wildman–Crippen LogP) is 2.67. The van der Waals surface area contributed by atoms with Crippen LogP contribution in [0, 0.1) is 6.92 Å². The lowest BCUT2D eigenvalue weighted by atomic mass is 10.1. The van der Waals surface area contributed by atoms with E-state index in [1.807, 2.05) is 33.8 Å². The van der Waals surface area contributed by atoms with E-state index >= 15 is 0 Å². The first-order valence-corrected chi connectivity index (χ1v) is 6.97. The molecule has 1 aliphatic heterocycles. The second-order valence-corrected chi connectivity index (χ2v) is 6.56. The lowest BCUT2D eigenvalue weighted by Gasteiger charge is -2.24. The molecule has 1 aromatic carbocycles. The van der Waals surface area contributed by atoms with E-state index in [-0.39, 0.29) is 23.8 Å². The van der Waals surface area contributed by atoms with Gasteiger partial charge in [0.25, 0.3) is 5.91 Å². The van der Waals surface area contributed by atoms with Crippen LogP contribution in [0.1, 0.15) is 32.8 Å². The Labute approximate surface area is 124 Å². The predicted molar refractivity (Wildman–Crippen MR) is 80.0 cm³/mol. The van der Waals surface area contributed by atoms with Gasteiger partial charge in [-0.2, -0.15) is 0 Å². The van der Waals surface area contributed by atoms with Crippen LogP contribution in [-0.4, -0.2) is 23.4 Å². The van der Waals surface area contributed by atoms with E-state index in [0.29, 0.717) is 10.7 Å². The smallest absolute Gasteiger partial charge is 0.251 e. The number of rotatable bonds is 2. The van der Waals surface area contributed by atoms with E-state index < -0.39 is 6.04 Å². The fourth-order valence-electron chi connectivity index (χ4n) is 2.26. The quantitative estimate of drug-likeness (QED) is 0.853. The third kappa shape index (κ3) is 3.02. The molecule has 0 aromatic heterocycles. The molecule has 0 bridgehead atoms. The van der Waals surface area contributed by atoms with Crippen molar-refractivity contribution in [2.45, 2.75) is 45.7 Å². The summed E-state index contributed by atoms with van der Waals surface area (Å²) >= 11 is 6.07. The molecule has 2 rings (SSSR count).